The van der Waals surface area contributed by atoms with Crippen LogP contribution in [0.15, 0.2) is 35.3 Å². The minimum atomic E-state index is -1.54. The van der Waals surface area contributed by atoms with E-state index in [-0.39, 0.29) is 6.61 Å². The second-order valence-corrected chi connectivity index (χ2v) is 6.21. The van der Waals surface area contributed by atoms with Crippen LogP contribution >= 0.6 is 0 Å². The van der Waals surface area contributed by atoms with E-state index in [0.717, 1.165) is 19.3 Å². The van der Waals surface area contributed by atoms with Gasteiger partial charge in [-0.05, 0) is 30.7 Å². The van der Waals surface area contributed by atoms with E-state index in [9.17, 15) is 14.7 Å². The SMILES string of the molecule is O=C1N=C(O)NC(=O)C1(c1ccccc1)N1CCC(CCO)CC1. The quantitative estimate of drug-likeness (QED) is 0.699. The average Bonchev–Trinajstić information content (AvgIpc) is 2.57. The Morgan fingerprint density at radius 2 is 1.88 bits per heavy atom. The molecule has 0 aliphatic carbocycles. The van der Waals surface area contributed by atoms with Crippen molar-refractivity contribution in [2.24, 2.45) is 10.9 Å². The normalized spacial score (nSPS) is 26.1. The van der Waals surface area contributed by atoms with Gasteiger partial charge in [0, 0.05) is 19.7 Å². The molecule has 0 radical (unpaired) electrons. The second-order valence-electron chi connectivity index (χ2n) is 6.21. The molecule has 0 saturated carbocycles. The van der Waals surface area contributed by atoms with Crippen molar-refractivity contribution in [2.45, 2.75) is 24.8 Å². The summed E-state index contributed by atoms with van der Waals surface area (Å²) in [4.78, 5) is 31.0. The van der Waals surface area contributed by atoms with Gasteiger partial charge in [0.05, 0.1) is 0 Å². The molecular weight excluding hydrogens is 310 g/mol. The number of nitrogens with one attached hydrogen (secondary N) is 1. The Morgan fingerprint density at radius 3 is 2.46 bits per heavy atom. The lowest BCUT2D eigenvalue weighted by molar-refractivity contribution is -0.147. The van der Waals surface area contributed by atoms with Crippen molar-refractivity contribution >= 4 is 17.8 Å². The fourth-order valence-corrected chi connectivity index (χ4v) is 3.63. The number of rotatable bonds is 4. The van der Waals surface area contributed by atoms with Crippen molar-refractivity contribution in [3.05, 3.63) is 35.9 Å². The van der Waals surface area contributed by atoms with Crippen LogP contribution in [-0.4, -0.2) is 52.6 Å². The van der Waals surface area contributed by atoms with Crippen molar-refractivity contribution in [1.29, 1.82) is 0 Å². The molecule has 1 fully saturated rings. The molecule has 2 amide bonds. The van der Waals surface area contributed by atoms with E-state index < -0.39 is 23.4 Å². The second kappa shape index (κ2) is 6.70. The van der Waals surface area contributed by atoms with Gasteiger partial charge in [-0.1, -0.05) is 30.3 Å². The van der Waals surface area contributed by atoms with E-state index in [0.29, 0.717) is 24.6 Å². The molecular formula is C17H21N3O4. The maximum Gasteiger partial charge on any atom is 0.297 e. The summed E-state index contributed by atoms with van der Waals surface area (Å²) in [6, 6.07) is 8.16. The summed E-state index contributed by atoms with van der Waals surface area (Å²) in [6.45, 7) is 1.25. The van der Waals surface area contributed by atoms with E-state index >= 15 is 0 Å². The topological polar surface area (TPSA) is 102 Å². The lowest BCUT2D eigenvalue weighted by Crippen LogP contribution is -2.65. The molecule has 2 aliphatic heterocycles. The summed E-state index contributed by atoms with van der Waals surface area (Å²) in [5.41, 5.74) is -0.998. The van der Waals surface area contributed by atoms with E-state index in [4.69, 9.17) is 5.11 Å². The molecule has 0 bridgehead atoms. The first-order valence-corrected chi connectivity index (χ1v) is 8.14. The molecule has 24 heavy (non-hydrogen) atoms. The number of hydrogen-bond acceptors (Lipinski definition) is 4. The average molecular weight is 331 g/mol. The Bertz CT molecular complexity index is 653. The highest BCUT2D eigenvalue weighted by molar-refractivity contribution is 6.20. The van der Waals surface area contributed by atoms with Gasteiger partial charge in [-0.25, -0.2) is 0 Å². The number of hydrogen-bond donors (Lipinski definition) is 3. The fraction of sp³-hybridized carbons (Fsp3) is 0.471. The zero-order valence-electron chi connectivity index (χ0n) is 13.3. The Labute approximate surface area is 140 Å². The number of aliphatic imine (C=N–C) groups is 1. The number of nitrogens with zero attached hydrogens (tertiary/aromatic N) is 2. The standard InChI is InChI=1S/C17H21N3O4/c21-11-8-12-6-9-20(10-7-12)17(13-4-2-1-3-5-13)14(22)18-16(24)19-15(17)23/h1-5,12,21H,6-11H2,(H2,18,19,22,23,24). The molecule has 1 saturated heterocycles. The highest BCUT2D eigenvalue weighted by Gasteiger charge is 2.55. The number of likely N-dealkylation sites (tertiary alicyclic amines) is 1. The van der Waals surface area contributed by atoms with Gasteiger partial charge in [0.25, 0.3) is 17.8 Å². The van der Waals surface area contributed by atoms with Crippen molar-refractivity contribution in [1.82, 2.24) is 10.2 Å². The molecule has 128 valence electrons. The van der Waals surface area contributed by atoms with Gasteiger partial charge in [0.1, 0.15) is 0 Å². The molecule has 7 heteroatoms. The number of amidine groups is 1. The number of carbonyl (C=O) groups excluding carboxylic acids is 2. The smallest absolute Gasteiger partial charge is 0.297 e. The Kier molecular flexibility index (Phi) is 4.64. The highest BCUT2D eigenvalue weighted by atomic mass is 16.3. The molecule has 2 aliphatic rings. The Balaban J connectivity index is 1.99. The largest absolute Gasteiger partial charge is 0.480 e. The number of aliphatic hydroxyl groups is 2. The minimum Gasteiger partial charge on any atom is -0.480 e. The lowest BCUT2D eigenvalue weighted by Gasteiger charge is -2.44. The highest BCUT2D eigenvalue weighted by Crippen LogP contribution is 2.36. The van der Waals surface area contributed by atoms with Crippen molar-refractivity contribution in [2.75, 3.05) is 19.7 Å². The minimum absolute atomic E-state index is 0.145. The molecule has 3 rings (SSSR count). The van der Waals surface area contributed by atoms with Gasteiger partial charge in [-0.15, -0.1) is 0 Å². The summed E-state index contributed by atoms with van der Waals surface area (Å²) in [7, 11) is 0. The summed E-state index contributed by atoms with van der Waals surface area (Å²) in [5, 5.41) is 20.9. The molecule has 1 atom stereocenters. The molecule has 2 heterocycles. The van der Waals surface area contributed by atoms with Crippen LogP contribution in [-0.2, 0) is 15.1 Å². The first-order chi connectivity index (χ1) is 11.6. The van der Waals surface area contributed by atoms with Crippen molar-refractivity contribution < 1.29 is 19.8 Å². The third kappa shape index (κ3) is 2.70. The molecule has 7 nitrogen and oxygen atoms in total. The van der Waals surface area contributed by atoms with Crippen molar-refractivity contribution in [3.8, 4) is 0 Å². The fourth-order valence-electron chi connectivity index (χ4n) is 3.63. The predicted molar refractivity (Wildman–Crippen MR) is 87.3 cm³/mol. The number of aliphatic hydroxyl groups excluding tert-OH is 2. The predicted octanol–water partition coefficient (Wildman–Crippen LogP) is 0.547. The molecule has 1 aromatic carbocycles. The monoisotopic (exact) mass is 331 g/mol. The molecule has 1 aromatic rings. The number of carbonyl (C=O) groups is 2. The van der Waals surface area contributed by atoms with Crippen LogP contribution in [0.5, 0.6) is 0 Å². The maximum atomic E-state index is 12.8. The van der Waals surface area contributed by atoms with Gasteiger partial charge in [0.15, 0.2) is 0 Å². The van der Waals surface area contributed by atoms with Gasteiger partial charge in [-0.2, -0.15) is 4.99 Å². The summed E-state index contributed by atoms with van der Waals surface area (Å²) in [5.74, 6) is -0.861. The maximum absolute atomic E-state index is 12.8. The van der Waals surface area contributed by atoms with Crippen LogP contribution in [0.3, 0.4) is 0 Å². The van der Waals surface area contributed by atoms with Crippen LogP contribution in [0.1, 0.15) is 24.8 Å². The number of piperidine rings is 1. The van der Waals surface area contributed by atoms with Crippen LogP contribution in [0.2, 0.25) is 0 Å². The summed E-state index contributed by atoms with van der Waals surface area (Å²) >= 11 is 0. The Morgan fingerprint density at radius 1 is 1.21 bits per heavy atom. The zero-order valence-corrected chi connectivity index (χ0v) is 13.3. The number of amides is 2. The zero-order chi connectivity index (χ0) is 17.2. The summed E-state index contributed by atoms with van der Waals surface area (Å²) < 4.78 is 0. The van der Waals surface area contributed by atoms with Crippen LogP contribution in [0.25, 0.3) is 0 Å². The number of benzene rings is 1. The van der Waals surface area contributed by atoms with Gasteiger partial charge in [0.2, 0.25) is 5.54 Å². The molecule has 0 spiro atoms. The van der Waals surface area contributed by atoms with Crippen LogP contribution in [0.4, 0.5) is 0 Å². The van der Waals surface area contributed by atoms with E-state index in [2.05, 4.69) is 10.3 Å². The molecule has 0 aromatic heterocycles. The van der Waals surface area contributed by atoms with Crippen LogP contribution in [0, 0.1) is 5.92 Å². The van der Waals surface area contributed by atoms with Gasteiger partial charge in [-0.3, -0.25) is 19.8 Å². The van der Waals surface area contributed by atoms with Crippen LogP contribution < -0.4 is 5.32 Å². The summed E-state index contributed by atoms with van der Waals surface area (Å²) in [6.07, 6.45) is 2.32. The third-order valence-corrected chi connectivity index (χ3v) is 4.89. The first kappa shape index (κ1) is 16.6. The van der Waals surface area contributed by atoms with E-state index in [1.165, 1.54) is 0 Å². The van der Waals surface area contributed by atoms with Gasteiger partial charge >= 0.3 is 0 Å². The third-order valence-electron chi connectivity index (χ3n) is 4.89. The molecule has 1 unspecified atom stereocenters. The van der Waals surface area contributed by atoms with Crippen molar-refractivity contribution in [3.63, 3.8) is 0 Å². The first-order valence-electron chi connectivity index (χ1n) is 8.14. The van der Waals surface area contributed by atoms with E-state index in [1.54, 1.807) is 24.3 Å². The Hall–Kier alpha value is -2.25. The van der Waals surface area contributed by atoms with Gasteiger partial charge < -0.3 is 10.2 Å². The van der Waals surface area contributed by atoms with E-state index in [1.807, 2.05) is 11.0 Å². The lowest BCUT2D eigenvalue weighted by atomic mass is 9.82. The molecule has 3 N–H and O–H groups in total.